The minimum absolute atomic E-state index is 0.151. The Morgan fingerprint density at radius 3 is 2.35 bits per heavy atom. The number of halogens is 1. The van der Waals surface area contributed by atoms with E-state index in [9.17, 15) is 14.3 Å². The highest BCUT2D eigenvalue weighted by atomic mass is 19.1. The van der Waals surface area contributed by atoms with E-state index >= 15 is 0 Å². The Morgan fingerprint density at radius 1 is 1.25 bits per heavy atom. The van der Waals surface area contributed by atoms with Crippen LogP contribution in [0.1, 0.15) is 15.9 Å². The Hall–Kier alpha value is -2.43. The number of benzene rings is 1. The quantitative estimate of drug-likeness (QED) is 0.935. The summed E-state index contributed by atoms with van der Waals surface area (Å²) in [6.45, 7) is 1.79. The third kappa shape index (κ3) is 2.61. The summed E-state index contributed by atoms with van der Waals surface area (Å²) in [4.78, 5) is 17.3. The van der Waals surface area contributed by atoms with E-state index in [0.29, 0.717) is 11.5 Å². The average molecular weight is 274 g/mol. The van der Waals surface area contributed by atoms with E-state index in [2.05, 4.69) is 4.98 Å². The summed E-state index contributed by atoms with van der Waals surface area (Å²) < 4.78 is 13.0. The number of hydrogen-bond donors (Lipinski definition) is 1. The molecule has 5 heteroatoms. The van der Waals surface area contributed by atoms with Crippen molar-refractivity contribution in [1.29, 1.82) is 0 Å². The zero-order valence-corrected chi connectivity index (χ0v) is 11.5. The summed E-state index contributed by atoms with van der Waals surface area (Å²) in [5, 5.41) is 9.22. The zero-order valence-electron chi connectivity index (χ0n) is 11.5. The molecule has 0 saturated carbocycles. The van der Waals surface area contributed by atoms with Gasteiger partial charge in [-0.3, -0.25) is 0 Å². The number of carboxylic acid groups (broad SMARTS) is 1. The second-order valence-electron chi connectivity index (χ2n) is 4.73. The lowest BCUT2D eigenvalue weighted by Crippen LogP contribution is -2.16. The van der Waals surface area contributed by atoms with E-state index in [1.165, 1.54) is 12.1 Å². The largest absolute Gasteiger partial charge is 0.478 e. The van der Waals surface area contributed by atoms with Crippen LogP contribution in [-0.2, 0) is 0 Å². The number of rotatable bonds is 3. The molecule has 1 aromatic carbocycles. The lowest BCUT2D eigenvalue weighted by molar-refractivity contribution is 0.0697. The van der Waals surface area contributed by atoms with Gasteiger partial charge in [-0.05, 0) is 42.8 Å². The number of aromatic carboxylic acids is 1. The number of carbonyl (C=O) groups is 1. The molecule has 0 radical (unpaired) electrons. The molecule has 0 fully saturated rings. The predicted octanol–water partition coefficient (Wildman–Crippen LogP) is 2.96. The first kappa shape index (κ1) is 14.0. The van der Waals surface area contributed by atoms with Crippen molar-refractivity contribution in [2.75, 3.05) is 19.0 Å². The molecule has 2 rings (SSSR count). The first-order valence-corrected chi connectivity index (χ1v) is 6.08. The number of anilines is 1. The average Bonchev–Trinajstić information content (AvgIpc) is 2.39. The molecule has 0 spiro atoms. The summed E-state index contributed by atoms with van der Waals surface area (Å²) in [6.07, 6.45) is 0. The molecule has 2 aromatic rings. The van der Waals surface area contributed by atoms with Crippen molar-refractivity contribution in [3.05, 3.63) is 47.3 Å². The van der Waals surface area contributed by atoms with Crippen LogP contribution in [0.3, 0.4) is 0 Å². The predicted molar refractivity (Wildman–Crippen MR) is 75.7 cm³/mol. The van der Waals surface area contributed by atoms with Gasteiger partial charge in [-0.25, -0.2) is 14.2 Å². The number of aromatic nitrogens is 1. The molecular formula is C15H15FN2O2. The molecule has 0 aliphatic carbocycles. The van der Waals surface area contributed by atoms with Gasteiger partial charge < -0.3 is 10.0 Å². The molecule has 1 N–H and O–H groups in total. The van der Waals surface area contributed by atoms with Crippen LogP contribution in [0.4, 0.5) is 10.2 Å². The topological polar surface area (TPSA) is 53.4 Å². The van der Waals surface area contributed by atoms with Crippen LogP contribution < -0.4 is 4.90 Å². The summed E-state index contributed by atoms with van der Waals surface area (Å²) in [6, 6.07) is 7.56. The van der Waals surface area contributed by atoms with Crippen LogP contribution in [0, 0.1) is 12.7 Å². The van der Waals surface area contributed by atoms with Gasteiger partial charge in [-0.1, -0.05) is 0 Å². The monoisotopic (exact) mass is 274 g/mol. The molecule has 104 valence electrons. The van der Waals surface area contributed by atoms with Crippen molar-refractivity contribution < 1.29 is 14.3 Å². The first-order valence-electron chi connectivity index (χ1n) is 6.08. The standard InChI is InChI=1S/C15H15FN2O2/c1-9-8-12(15(19)20)14(18(2)3)17-13(9)10-4-6-11(16)7-5-10/h4-8H,1-3H3,(H,19,20). The maximum atomic E-state index is 13.0. The molecule has 20 heavy (non-hydrogen) atoms. The third-order valence-corrected chi connectivity index (χ3v) is 2.96. The van der Waals surface area contributed by atoms with Crippen LogP contribution >= 0.6 is 0 Å². The van der Waals surface area contributed by atoms with Crippen molar-refractivity contribution in [2.45, 2.75) is 6.92 Å². The smallest absolute Gasteiger partial charge is 0.339 e. The number of pyridine rings is 1. The SMILES string of the molecule is Cc1cc(C(=O)O)c(N(C)C)nc1-c1ccc(F)cc1. The fraction of sp³-hybridized carbons (Fsp3) is 0.200. The van der Waals surface area contributed by atoms with Gasteiger partial charge in [0.1, 0.15) is 17.2 Å². The number of carboxylic acids is 1. The lowest BCUT2D eigenvalue weighted by Gasteiger charge is -2.17. The summed E-state index contributed by atoms with van der Waals surface area (Å²) in [5.41, 5.74) is 2.29. The molecule has 0 saturated heterocycles. The summed E-state index contributed by atoms with van der Waals surface area (Å²) in [5.74, 6) is -0.959. The Balaban J connectivity index is 2.63. The van der Waals surface area contributed by atoms with Gasteiger partial charge in [0, 0.05) is 19.7 Å². The van der Waals surface area contributed by atoms with Gasteiger partial charge in [0.15, 0.2) is 0 Å². The fourth-order valence-electron chi connectivity index (χ4n) is 2.00. The third-order valence-electron chi connectivity index (χ3n) is 2.96. The molecule has 0 aliphatic heterocycles. The van der Waals surface area contributed by atoms with Crippen molar-refractivity contribution in [1.82, 2.24) is 4.98 Å². The fourth-order valence-corrected chi connectivity index (χ4v) is 2.00. The summed E-state index contributed by atoms with van der Waals surface area (Å²) in [7, 11) is 3.47. The van der Waals surface area contributed by atoms with Crippen LogP contribution in [0.15, 0.2) is 30.3 Å². The van der Waals surface area contributed by atoms with Crippen molar-refractivity contribution in [3.8, 4) is 11.3 Å². The van der Waals surface area contributed by atoms with E-state index in [0.717, 1.165) is 11.1 Å². The van der Waals surface area contributed by atoms with Gasteiger partial charge in [-0.15, -0.1) is 0 Å². The molecule has 0 aliphatic rings. The highest BCUT2D eigenvalue weighted by Gasteiger charge is 2.17. The highest BCUT2D eigenvalue weighted by molar-refractivity contribution is 5.94. The van der Waals surface area contributed by atoms with E-state index in [4.69, 9.17) is 0 Å². The van der Waals surface area contributed by atoms with Gasteiger partial charge in [0.05, 0.1) is 5.69 Å². The van der Waals surface area contributed by atoms with Crippen molar-refractivity contribution in [3.63, 3.8) is 0 Å². The molecule has 4 nitrogen and oxygen atoms in total. The van der Waals surface area contributed by atoms with E-state index < -0.39 is 5.97 Å². The van der Waals surface area contributed by atoms with Gasteiger partial charge in [0.2, 0.25) is 0 Å². The Kier molecular flexibility index (Phi) is 3.70. The van der Waals surface area contributed by atoms with E-state index in [1.807, 2.05) is 0 Å². The normalized spacial score (nSPS) is 10.4. The first-order chi connectivity index (χ1) is 9.40. The zero-order chi connectivity index (χ0) is 14.9. The minimum atomic E-state index is -1.02. The molecule has 0 bridgehead atoms. The number of nitrogens with zero attached hydrogens (tertiary/aromatic N) is 2. The van der Waals surface area contributed by atoms with Gasteiger partial charge >= 0.3 is 5.97 Å². The van der Waals surface area contributed by atoms with Gasteiger partial charge in [-0.2, -0.15) is 0 Å². The highest BCUT2D eigenvalue weighted by Crippen LogP contribution is 2.27. The van der Waals surface area contributed by atoms with Crippen LogP contribution in [0.2, 0.25) is 0 Å². The molecule has 0 amide bonds. The molecule has 1 aromatic heterocycles. The molecule has 1 heterocycles. The maximum absolute atomic E-state index is 13.0. The van der Waals surface area contributed by atoms with Gasteiger partial charge in [0.25, 0.3) is 0 Å². The Morgan fingerprint density at radius 2 is 1.85 bits per heavy atom. The lowest BCUT2D eigenvalue weighted by atomic mass is 10.0. The Labute approximate surface area is 116 Å². The molecule has 0 unspecified atom stereocenters. The maximum Gasteiger partial charge on any atom is 0.339 e. The second kappa shape index (κ2) is 5.28. The second-order valence-corrected chi connectivity index (χ2v) is 4.73. The molecule has 0 atom stereocenters. The molecular weight excluding hydrogens is 259 g/mol. The minimum Gasteiger partial charge on any atom is -0.478 e. The Bertz CT molecular complexity index is 652. The van der Waals surface area contributed by atoms with E-state index in [1.54, 1.807) is 44.1 Å². The summed E-state index contributed by atoms with van der Waals surface area (Å²) >= 11 is 0. The van der Waals surface area contributed by atoms with Crippen LogP contribution in [-0.4, -0.2) is 30.2 Å². The van der Waals surface area contributed by atoms with Crippen molar-refractivity contribution in [2.24, 2.45) is 0 Å². The number of aryl methyl sites for hydroxylation is 1. The number of hydrogen-bond acceptors (Lipinski definition) is 3. The van der Waals surface area contributed by atoms with Crippen LogP contribution in [0.5, 0.6) is 0 Å². The van der Waals surface area contributed by atoms with Crippen LogP contribution in [0.25, 0.3) is 11.3 Å². The van der Waals surface area contributed by atoms with Crippen molar-refractivity contribution >= 4 is 11.8 Å². The van der Waals surface area contributed by atoms with E-state index in [-0.39, 0.29) is 11.4 Å².